The third-order valence-electron chi connectivity index (χ3n) is 4.40. The molecule has 2 aromatic carbocycles. The average Bonchev–Trinajstić information content (AvgIpc) is 2.64. The standard InChI is InChI=1S/C19H20ClFO5S/c20-12-4-5-14(11(8-12)6-10-2-1-3-13(21)7-10)26-19-18(25)17(24)16(23)15(9-22)27-19/h1-5,7-8,15-19,22-25H,6,9H2/t15-,16+,17-,18+,19-/m0/s1. The molecule has 1 fully saturated rings. The predicted molar refractivity (Wildman–Crippen MR) is 102 cm³/mol. The molecule has 3 rings (SSSR count). The van der Waals surface area contributed by atoms with Crippen LogP contribution in [0.4, 0.5) is 4.39 Å². The highest BCUT2D eigenvalue weighted by Crippen LogP contribution is 2.36. The highest BCUT2D eigenvalue weighted by atomic mass is 35.5. The molecule has 5 atom stereocenters. The summed E-state index contributed by atoms with van der Waals surface area (Å²) in [6.45, 7) is -0.369. The van der Waals surface area contributed by atoms with Crippen LogP contribution in [0, 0.1) is 5.82 Å². The third kappa shape index (κ3) is 4.74. The van der Waals surface area contributed by atoms with E-state index in [1.54, 1.807) is 30.3 Å². The average molecular weight is 415 g/mol. The van der Waals surface area contributed by atoms with Crippen LogP contribution in [0.5, 0.6) is 5.75 Å². The molecule has 0 saturated carbocycles. The lowest BCUT2D eigenvalue weighted by molar-refractivity contribution is -0.0910. The van der Waals surface area contributed by atoms with E-state index in [4.69, 9.17) is 16.3 Å². The molecule has 1 heterocycles. The predicted octanol–water partition coefficient (Wildman–Crippen LogP) is 1.97. The first-order valence-corrected chi connectivity index (χ1v) is 9.71. The maximum Gasteiger partial charge on any atom is 0.173 e. The zero-order chi connectivity index (χ0) is 19.6. The van der Waals surface area contributed by atoms with Gasteiger partial charge in [-0.05, 0) is 35.9 Å². The van der Waals surface area contributed by atoms with Crippen molar-refractivity contribution in [1.82, 2.24) is 0 Å². The Morgan fingerprint density at radius 1 is 1.04 bits per heavy atom. The number of aliphatic hydroxyl groups excluding tert-OH is 4. The molecule has 27 heavy (non-hydrogen) atoms. The molecule has 146 valence electrons. The van der Waals surface area contributed by atoms with E-state index in [0.717, 1.165) is 17.3 Å². The smallest absolute Gasteiger partial charge is 0.173 e. The van der Waals surface area contributed by atoms with Gasteiger partial charge in [0.1, 0.15) is 23.8 Å². The van der Waals surface area contributed by atoms with E-state index in [1.165, 1.54) is 12.1 Å². The number of thioether (sulfide) groups is 1. The monoisotopic (exact) mass is 414 g/mol. The number of aliphatic hydroxyl groups is 4. The van der Waals surface area contributed by atoms with Crippen molar-refractivity contribution in [2.24, 2.45) is 0 Å². The molecule has 8 heteroatoms. The van der Waals surface area contributed by atoms with Gasteiger partial charge in [0.25, 0.3) is 0 Å². The van der Waals surface area contributed by atoms with Crippen LogP contribution in [0.1, 0.15) is 11.1 Å². The molecule has 1 aliphatic heterocycles. The second-order valence-corrected chi connectivity index (χ2v) is 8.15. The fourth-order valence-corrected chi connectivity index (χ4v) is 4.39. The minimum absolute atomic E-state index is 0.349. The van der Waals surface area contributed by atoms with Gasteiger partial charge < -0.3 is 25.2 Å². The van der Waals surface area contributed by atoms with E-state index in [1.807, 2.05) is 0 Å². The summed E-state index contributed by atoms with van der Waals surface area (Å²) in [6.07, 6.45) is -3.68. The fraction of sp³-hybridized carbons (Fsp3) is 0.368. The van der Waals surface area contributed by atoms with Crippen molar-refractivity contribution in [2.75, 3.05) is 6.61 Å². The van der Waals surface area contributed by atoms with E-state index >= 15 is 0 Å². The van der Waals surface area contributed by atoms with E-state index in [-0.39, 0.29) is 12.4 Å². The molecule has 0 aliphatic carbocycles. The fourth-order valence-electron chi connectivity index (χ4n) is 2.96. The van der Waals surface area contributed by atoms with Crippen molar-refractivity contribution in [3.63, 3.8) is 0 Å². The number of ether oxygens (including phenoxy) is 1. The van der Waals surface area contributed by atoms with Gasteiger partial charge in [-0.25, -0.2) is 4.39 Å². The van der Waals surface area contributed by atoms with Crippen LogP contribution < -0.4 is 4.74 Å². The maximum absolute atomic E-state index is 13.5. The quantitative estimate of drug-likeness (QED) is 0.598. The summed E-state index contributed by atoms with van der Waals surface area (Å²) < 4.78 is 19.4. The van der Waals surface area contributed by atoms with Gasteiger partial charge in [0.15, 0.2) is 5.44 Å². The first-order valence-electron chi connectivity index (χ1n) is 8.39. The van der Waals surface area contributed by atoms with E-state index in [0.29, 0.717) is 22.8 Å². The second-order valence-electron chi connectivity index (χ2n) is 6.37. The molecule has 5 nitrogen and oxygen atoms in total. The molecule has 0 spiro atoms. The van der Waals surface area contributed by atoms with Crippen molar-refractivity contribution in [3.05, 3.63) is 64.4 Å². The minimum Gasteiger partial charge on any atom is -0.477 e. The van der Waals surface area contributed by atoms with Gasteiger partial charge in [-0.15, -0.1) is 11.8 Å². The minimum atomic E-state index is -1.44. The summed E-state index contributed by atoms with van der Waals surface area (Å²) in [5.41, 5.74) is 0.512. The van der Waals surface area contributed by atoms with Crippen LogP contribution in [0.2, 0.25) is 5.02 Å². The van der Waals surface area contributed by atoms with Gasteiger partial charge in [0.05, 0.1) is 18.0 Å². The van der Waals surface area contributed by atoms with Crippen molar-refractivity contribution in [2.45, 2.75) is 35.4 Å². The van der Waals surface area contributed by atoms with E-state index in [2.05, 4.69) is 0 Å². The Labute approximate surface area is 165 Å². The molecule has 4 N–H and O–H groups in total. The van der Waals surface area contributed by atoms with Crippen LogP contribution in [-0.4, -0.2) is 56.0 Å². The van der Waals surface area contributed by atoms with Gasteiger partial charge in [-0.3, -0.25) is 0 Å². The van der Waals surface area contributed by atoms with Crippen molar-refractivity contribution in [3.8, 4) is 5.75 Å². The lowest BCUT2D eigenvalue weighted by atomic mass is 10.0. The summed E-state index contributed by atoms with van der Waals surface area (Å²) in [7, 11) is 0. The molecule has 0 bridgehead atoms. The molecular weight excluding hydrogens is 395 g/mol. The SMILES string of the molecule is OC[C@@H]1S[C@H](Oc2ccc(Cl)cc2Cc2cccc(F)c2)[C@H](O)[C@@H](O)[C@@H]1O. The van der Waals surface area contributed by atoms with Crippen LogP contribution in [0.25, 0.3) is 0 Å². The topological polar surface area (TPSA) is 90.2 Å². The van der Waals surface area contributed by atoms with Crippen LogP contribution >= 0.6 is 23.4 Å². The zero-order valence-electron chi connectivity index (χ0n) is 14.2. The zero-order valence-corrected chi connectivity index (χ0v) is 15.8. The third-order valence-corrected chi connectivity index (χ3v) is 6.05. The molecule has 1 saturated heterocycles. The van der Waals surface area contributed by atoms with E-state index in [9.17, 15) is 24.8 Å². The molecule has 0 unspecified atom stereocenters. The van der Waals surface area contributed by atoms with Crippen LogP contribution in [0.3, 0.4) is 0 Å². The Kier molecular flexibility index (Phi) is 6.62. The number of hydrogen-bond donors (Lipinski definition) is 4. The molecular formula is C19H20ClFO5S. The van der Waals surface area contributed by atoms with Gasteiger partial charge >= 0.3 is 0 Å². The summed E-state index contributed by atoms with van der Waals surface area (Å²) in [4.78, 5) is 0. The van der Waals surface area contributed by atoms with Crippen LogP contribution in [0.15, 0.2) is 42.5 Å². The van der Waals surface area contributed by atoms with Gasteiger partial charge in [0, 0.05) is 17.0 Å². The first-order chi connectivity index (χ1) is 12.9. The highest BCUT2D eigenvalue weighted by molar-refractivity contribution is 8.00. The lowest BCUT2D eigenvalue weighted by Gasteiger charge is -2.39. The molecule has 0 amide bonds. The maximum atomic E-state index is 13.5. The highest BCUT2D eigenvalue weighted by Gasteiger charge is 2.44. The van der Waals surface area contributed by atoms with Gasteiger partial charge in [-0.1, -0.05) is 23.7 Å². The normalized spacial score (nSPS) is 28.1. The molecule has 0 radical (unpaired) electrons. The lowest BCUT2D eigenvalue weighted by Crippen LogP contribution is -2.55. The Bertz CT molecular complexity index is 790. The molecule has 1 aliphatic rings. The Hall–Kier alpha value is -1.35. The van der Waals surface area contributed by atoms with Crippen LogP contribution in [-0.2, 0) is 6.42 Å². The second kappa shape index (κ2) is 8.77. The molecule has 0 aromatic heterocycles. The number of halogens is 2. The molecule has 2 aromatic rings. The Morgan fingerprint density at radius 2 is 1.81 bits per heavy atom. The Balaban J connectivity index is 1.84. The van der Waals surface area contributed by atoms with Gasteiger partial charge in [-0.2, -0.15) is 0 Å². The van der Waals surface area contributed by atoms with E-state index < -0.39 is 29.0 Å². The number of hydrogen-bond acceptors (Lipinski definition) is 6. The van der Waals surface area contributed by atoms with Gasteiger partial charge in [0.2, 0.25) is 0 Å². The van der Waals surface area contributed by atoms with Crippen molar-refractivity contribution in [1.29, 1.82) is 0 Å². The summed E-state index contributed by atoms with van der Waals surface area (Å²) in [5.74, 6) is 0.0682. The number of rotatable bonds is 5. The Morgan fingerprint density at radius 3 is 2.52 bits per heavy atom. The summed E-state index contributed by atoms with van der Waals surface area (Å²) >= 11 is 7.13. The summed E-state index contributed by atoms with van der Waals surface area (Å²) in [5, 5.41) is 39.3. The largest absolute Gasteiger partial charge is 0.477 e. The number of benzene rings is 2. The first kappa shape index (κ1) is 20.4. The summed E-state index contributed by atoms with van der Waals surface area (Å²) in [6, 6.07) is 11.1. The van der Waals surface area contributed by atoms with Crippen molar-refractivity contribution >= 4 is 23.4 Å². The van der Waals surface area contributed by atoms with Crippen molar-refractivity contribution < 1.29 is 29.6 Å².